The second-order valence-electron chi connectivity index (χ2n) is 6.23. The number of unbranched alkanes of at least 4 members (excludes halogenated alkanes) is 5. The van der Waals surface area contributed by atoms with Crippen LogP contribution in [0.15, 0.2) is 30.3 Å². The van der Waals surface area contributed by atoms with Crippen LogP contribution in [0.3, 0.4) is 0 Å². The summed E-state index contributed by atoms with van der Waals surface area (Å²) in [7, 11) is 0. The van der Waals surface area contributed by atoms with Crippen LogP contribution >= 0.6 is 0 Å². The quantitative estimate of drug-likeness (QED) is 0.486. The summed E-state index contributed by atoms with van der Waals surface area (Å²) in [6.07, 6.45) is 9.29. The van der Waals surface area contributed by atoms with Crippen LogP contribution in [0.5, 0.6) is 0 Å². The summed E-state index contributed by atoms with van der Waals surface area (Å²) in [5, 5.41) is 0. The Kier molecular flexibility index (Phi) is 8.21. The summed E-state index contributed by atoms with van der Waals surface area (Å²) in [5.74, 6) is 0. The van der Waals surface area contributed by atoms with Gasteiger partial charge in [0.25, 0.3) is 0 Å². The molecule has 1 saturated heterocycles. The zero-order valence-corrected chi connectivity index (χ0v) is 13.6. The molecule has 0 bridgehead atoms. The predicted molar refractivity (Wildman–Crippen MR) is 89.8 cm³/mol. The first kappa shape index (κ1) is 17.2. The molecule has 3 nitrogen and oxygen atoms in total. The smallest absolute Gasteiger partial charge is 0.119 e. The minimum Gasteiger partial charge on any atom is -0.376 e. The molecule has 1 unspecified atom stereocenters. The van der Waals surface area contributed by atoms with Crippen LogP contribution in [0, 0.1) is 0 Å². The van der Waals surface area contributed by atoms with Gasteiger partial charge in [0.1, 0.15) is 6.29 Å². The normalized spacial score (nSPS) is 19.2. The first-order valence-electron chi connectivity index (χ1n) is 8.70. The molecule has 0 radical (unpaired) electrons. The second-order valence-corrected chi connectivity index (χ2v) is 6.23. The maximum absolute atomic E-state index is 10.2. The molecule has 0 aliphatic carbocycles. The van der Waals surface area contributed by atoms with E-state index in [0.29, 0.717) is 6.10 Å². The van der Waals surface area contributed by atoms with Crippen LogP contribution in [0.1, 0.15) is 50.5 Å². The van der Waals surface area contributed by atoms with E-state index in [2.05, 4.69) is 35.2 Å². The van der Waals surface area contributed by atoms with Crippen molar-refractivity contribution in [3.8, 4) is 0 Å². The number of aldehydes is 1. The van der Waals surface area contributed by atoms with Gasteiger partial charge in [-0.05, 0) is 18.4 Å². The number of carbonyl (C=O) groups excluding carboxylic acids is 1. The fraction of sp³-hybridized carbons (Fsp3) is 0.632. The lowest BCUT2D eigenvalue weighted by Gasteiger charge is -2.33. The van der Waals surface area contributed by atoms with Crippen molar-refractivity contribution in [3.05, 3.63) is 35.9 Å². The van der Waals surface area contributed by atoms with Gasteiger partial charge in [0, 0.05) is 26.1 Å². The molecule has 0 amide bonds. The Hall–Kier alpha value is -1.19. The molecule has 1 aromatic carbocycles. The standard InChI is InChI=1S/C19H29NO2/c21-14-9-4-2-1-3-8-12-19-17-20(13-15-22-19)16-18-10-6-5-7-11-18/h5-7,10-11,14,19H,1-4,8-9,12-13,15-17H2. The van der Waals surface area contributed by atoms with E-state index in [-0.39, 0.29) is 0 Å². The first-order valence-corrected chi connectivity index (χ1v) is 8.70. The molecule has 1 aliphatic heterocycles. The molecular formula is C19H29NO2. The topological polar surface area (TPSA) is 29.5 Å². The Labute approximate surface area is 134 Å². The Morgan fingerprint density at radius 3 is 2.68 bits per heavy atom. The highest BCUT2D eigenvalue weighted by Crippen LogP contribution is 2.16. The van der Waals surface area contributed by atoms with E-state index in [9.17, 15) is 4.79 Å². The molecule has 1 fully saturated rings. The number of benzene rings is 1. The van der Waals surface area contributed by atoms with Crippen molar-refractivity contribution in [3.63, 3.8) is 0 Å². The Morgan fingerprint density at radius 1 is 1.09 bits per heavy atom. The number of hydrogen-bond donors (Lipinski definition) is 0. The third kappa shape index (κ3) is 6.71. The lowest BCUT2D eigenvalue weighted by atomic mass is 10.1. The highest BCUT2D eigenvalue weighted by Gasteiger charge is 2.19. The van der Waals surface area contributed by atoms with Crippen molar-refractivity contribution in [2.45, 2.75) is 57.6 Å². The third-order valence-electron chi connectivity index (χ3n) is 4.32. The van der Waals surface area contributed by atoms with Crippen LogP contribution in [0.25, 0.3) is 0 Å². The van der Waals surface area contributed by atoms with Gasteiger partial charge in [-0.25, -0.2) is 0 Å². The highest BCUT2D eigenvalue weighted by molar-refractivity contribution is 5.48. The minimum absolute atomic E-state index is 0.396. The number of morpholine rings is 1. The highest BCUT2D eigenvalue weighted by atomic mass is 16.5. The first-order chi connectivity index (χ1) is 10.9. The van der Waals surface area contributed by atoms with E-state index < -0.39 is 0 Å². The SMILES string of the molecule is O=CCCCCCCCC1CN(Cc2ccccc2)CCO1. The largest absolute Gasteiger partial charge is 0.376 e. The van der Waals surface area contributed by atoms with Crippen molar-refractivity contribution in [2.24, 2.45) is 0 Å². The van der Waals surface area contributed by atoms with Crippen LogP contribution in [0.2, 0.25) is 0 Å². The molecule has 0 spiro atoms. The zero-order chi connectivity index (χ0) is 15.5. The van der Waals surface area contributed by atoms with Gasteiger partial charge in [-0.15, -0.1) is 0 Å². The molecule has 1 aliphatic rings. The number of carbonyl (C=O) groups is 1. The summed E-state index contributed by atoms with van der Waals surface area (Å²) in [6, 6.07) is 10.7. The van der Waals surface area contributed by atoms with Gasteiger partial charge in [0.15, 0.2) is 0 Å². The van der Waals surface area contributed by atoms with E-state index >= 15 is 0 Å². The summed E-state index contributed by atoms with van der Waals surface area (Å²) < 4.78 is 5.90. The maximum Gasteiger partial charge on any atom is 0.119 e. The molecule has 0 aromatic heterocycles. The second kappa shape index (κ2) is 10.5. The number of hydrogen-bond acceptors (Lipinski definition) is 3. The van der Waals surface area contributed by atoms with E-state index in [4.69, 9.17) is 4.74 Å². The summed E-state index contributed by atoms with van der Waals surface area (Å²) >= 11 is 0. The molecule has 1 aromatic rings. The molecule has 0 saturated carbocycles. The predicted octanol–water partition coefficient (Wildman–Crippen LogP) is 3.82. The van der Waals surface area contributed by atoms with Gasteiger partial charge < -0.3 is 9.53 Å². The van der Waals surface area contributed by atoms with E-state index in [1.807, 2.05) is 0 Å². The average molecular weight is 303 g/mol. The summed E-state index contributed by atoms with van der Waals surface area (Å²) in [4.78, 5) is 12.7. The Balaban J connectivity index is 1.58. The van der Waals surface area contributed by atoms with Crippen LogP contribution in [-0.2, 0) is 16.1 Å². The molecule has 2 rings (SSSR count). The average Bonchev–Trinajstić information content (AvgIpc) is 2.55. The number of rotatable bonds is 10. The molecule has 122 valence electrons. The summed E-state index contributed by atoms with van der Waals surface area (Å²) in [6.45, 7) is 3.99. The number of ether oxygens (including phenoxy) is 1. The fourth-order valence-electron chi connectivity index (χ4n) is 3.07. The lowest BCUT2D eigenvalue weighted by molar-refractivity contribution is -0.107. The Morgan fingerprint density at radius 2 is 1.86 bits per heavy atom. The van der Waals surface area contributed by atoms with E-state index in [1.54, 1.807) is 0 Å². The maximum atomic E-state index is 10.2. The molecule has 0 N–H and O–H groups in total. The van der Waals surface area contributed by atoms with E-state index in [0.717, 1.165) is 45.4 Å². The van der Waals surface area contributed by atoms with Crippen molar-refractivity contribution in [2.75, 3.05) is 19.7 Å². The van der Waals surface area contributed by atoms with E-state index in [1.165, 1.54) is 37.7 Å². The molecule has 1 heterocycles. The molecule has 1 atom stereocenters. The van der Waals surface area contributed by atoms with Gasteiger partial charge in [0.05, 0.1) is 12.7 Å². The van der Waals surface area contributed by atoms with Gasteiger partial charge >= 0.3 is 0 Å². The minimum atomic E-state index is 0.396. The third-order valence-corrected chi connectivity index (χ3v) is 4.32. The lowest BCUT2D eigenvalue weighted by Crippen LogP contribution is -2.41. The molecule has 22 heavy (non-hydrogen) atoms. The van der Waals surface area contributed by atoms with Crippen molar-refractivity contribution < 1.29 is 9.53 Å². The van der Waals surface area contributed by atoms with Gasteiger partial charge in [-0.2, -0.15) is 0 Å². The molecular weight excluding hydrogens is 274 g/mol. The van der Waals surface area contributed by atoms with Crippen molar-refractivity contribution >= 4 is 6.29 Å². The van der Waals surface area contributed by atoms with Crippen molar-refractivity contribution in [1.29, 1.82) is 0 Å². The van der Waals surface area contributed by atoms with Gasteiger partial charge in [0.2, 0.25) is 0 Å². The van der Waals surface area contributed by atoms with Crippen LogP contribution < -0.4 is 0 Å². The summed E-state index contributed by atoms with van der Waals surface area (Å²) in [5.41, 5.74) is 1.39. The monoisotopic (exact) mass is 303 g/mol. The van der Waals surface area contributed by atoms with Crippen LogP contribution in [0.4, 0.5) is 0 Å². The fourth-order valence-corrected chi connectivity index (χ4v) is 3.07. The van der Waals surface area contributed by atoms with Gasteiger partial charge in [-0.1, -0.05) is 56.0 Å². The molecule has 3 heteroatoms. The number of nitrogens with zero attached hydrogens (tertiary/aromatic N) is 1. The van der Waals surface area contributed by atoms with Crippen molar-refractivity contribution in [1.82, 2.24) is 4.90 Å². The van der Waals surface area contributed by atoms with Gasteiger partial charge in [-0.3, -0.25) is 4.90 Å². The van der Waals surface area contributed by atoms with Crippen LogP contribution in [-0.4, -0.2) is 37.0 Å². The zero-order valence-electron chi connectivity index (χ0n) is 13.6. The Bertz CT molecular complexity index is 407.